The van der Waals surface area contributed by atoms with Gasteiger partial charge < -0.3 is 5.73 Å². The lowest BCUT2D eigenvalue weighted by Crippen LogP contribution is -2.42. The molecule has 0 bridgehead atoms. The predicted octanol–water partition coefficient (Wildman–Crippen LogP) is 0.492. The number of primary amides is 1. The number of amides is 1. The van der Waals surface area contributed by atoms with Gasteiger partial charge in [-0.25, -0.2) is 8.42 Å². The van der Waals surface area contributed by atoms with E-state index >= 15 is 0 Å². The first-order valence-electron chi connectivity index (χ1n) is 4.40. The lowest BCUT2D eigenvalue weighted by atomic mass is 10.4. The van der Waals surface area contributed by atoms with E-state index < -0.39 is 22.0 Å². The lowest BCUT2D eigenvalue weighted by Gasteiger charge is -2.10. The summed E-state index contributed by atoms with van der Waals surface area (Å²) in [6.45, 7) is 1.37. The van der Waals surface area contributed by atoms with Gasteiger partial charge in [-0.1, -0.05) is 11.6 Å². The van der Waals surface area contributed by atoms with Crippen LogP contribution in [0.3, 0.4) is 0 Å². The van der Waals surface area contributed by atoms with Crippen molar-refractivity contribution in [3.05, 3.63) is 29.3 Å². The van der Waals surface area contributed by atoms with Crippen molar-refractivity contribution in [3.63, 3.8) is 0 Å². The average Bonchev–Trinajstić information content (AvgIpc) is 2.17. The minimum absolute atomic E-state index is 0.0324. The van der Waals surface area contributed by atoms with Crippen LogP contribution in [0.1, 0.15) is 6.92 Å². The van der Waals surface area contributed by atoms with Gasteiger partial charge in [-0.15, -0.1) is 0 Å². The van der Waals surface area contributed by atoms with Crippen LogP contribution in [0.4, 0.5) is 0 Å². The Morgan fingerprint density at radius 2 is 1.88 bits per heavy atom. The Morgan fingerprint density at radius 1 is 1.38 bits per heavy atom. The second-order valence-electron chi connectivity index (χ2n) is 3.20. The maximum Gasteiger partial charge on any atom is 0.241 e. The van der Waals surface area contributed by atoms with Crippen molar-refractivity contribution < 1.29 is 13.2 Å². The molecule has 0 saturated carbocycles. The van der Waals surface area contributed by atoms with Crippen LogP contribution in [0.5, 0.6) is 0 Å². The zero-order valence-corrected chi connectivity index (χ0v) is 10.0. The summed E-state index contributed by atoms with van der Waals surface area (Å²) in [5.74, 6) is -0.738. The predicted molar refractivity (Wildman–Crippen MR) is 60.4 cm³/mol. The van der Waals surface area contributed by atoms with Gasteiger partial charge in [0.25, 0.3) is 0 Å². The Bertz CT molecular complexity index is 484. The molecule has 5 nitrogen and oxygen atoms in total. The van der Waals surface area contributed by atoms with E-state index in [0.717, 1.165) is 0 Å². The molecule has 16 heavy (non-hydrogen) atoms. The van der Waals surface area contributed by atoms with Crippen LogP contribution < -0.4 is 10.5 Å². The SMILES string of the molecule is C[C@@H](NS(=O)(=O)c1ccc(Cl)cc1)C(N)=O. The van der Waals surface area contributed by atoms with E-state index in [1.54, 1.807) is 0 Å². The molecule has 0 aromatic heterocycles. The van der Waals surface area contributed by atoms with E-state index in [1.165, 1.54) is 31.2 Å². The highest BCUT2D eigenvalue weighted by molar-refractivity contribution is 7.89. The number of halogens is 1. The van der Waals surface area contributed by atoms with Crippen LogP contribution in [0.25, 0.3) is 0 Å². The molecule has 0 spiro atoms. The summed E-state index contributed by atoms with van der Waals surface area (Å²) in [5, 5.41) is 0.432. The topological polar surface area (TPSA) is 89.3 Å². The van der Waals surface area contributed by atoms with Crippen LogP contribution in [-0.4, -0.2) is 20.4 Å². The van der Waals surface area contributed by atoms with Gasteiger partial charge in [-0.2, -0.15) is 4.72 Å². The van der Waals surface area contributed by atoms with E-state index in [2.05, 4.69) is 4.72 Å². The third-order valence-electron chi connectivity index (χ3n) is 1.88. The molecule has 7 heteroatoms. The molecule has 1 amide bonds. The Hall–Kier alpha value is -1.11. The first-order valence-corrected chi connectivity index (χ1v) is 6.26. The smallest absolute Gasteiger partial charge is 0.241 e. The van der Waals surface area contributed by atoms with E-state index in [-0.39, 0.29) is 4.90 Å². The third-order valence-corrected chi connectivity index (χ3v) is 3.69. The van der Waals surface area contributed by atoms with E-state index in [0.29, 0.717) is 5.02 Å². The van der Waals surface area contributed by atoms with Crippen molar-refractivity contribution in [1.29, 1.82) is 0 Å². The van der Waals surface area contributed by atoms with Gasteiger partial charge in [0.15, 0.2) is 0 Å². The van der Waals surface area contributed by atoms with Crippen molar-refractivity contribution in [1.82, 2.24) is 4.72 Å². The van der Waals surface area contributed by atoms with E-state index in [9.17, 15) is 13.2 Å². The highest BCUT2D eigenvalue weighted by atomic mass is 35.5. The molecule has 0 aliphatic carbocycles. The zero-order valence-electron chi connectivity index (χ0n) is 8.48. The fraction of sp³-hybridized carbons (Fsp3) is 0.222. The number of hydrogen-bond donors (Lipinski definition) is 2. The quantitative estimate of drug-likeness (QED) is 0.828. The van der Waals surface area contributed by atoms with Gasteiger partial charge in [0, 0.05) is 5.02 Å². The fourth-order valence-electron chi connectivity index (χ4n) is 0.973. The summed E-state index contributed by atoms with van der Waals surface area (Å²) in [5.41, 5.74) is 4.96. The highest BCUT2D eigenvalue weighted by Gasteiger charge is 2.19. The first kappa shape index (κ1) is 13.0. The number of nitrogens with two attached hydrogens (primary N) is 1. The summed E-state index contributed by atoms with van der Waals surface area (Å²) < 4.78 is 25.5. The van der Waals surface area contributed by atoms with Gasteiger partial charge >= 0.3 is 0 Å². The monoisotopic (exact) mass is 262 g/mol. The number of carbonyl (C=O) groups excluding carboxylic acids is 1. The number of nitrogens with one attached hydrogen (secondary N) is 1. The van der Waals surface area contributed by atoms with Gasteiger partial charge in [0.05, 0.1) is 10.9 Å². The normalized spacial score (nSPS) is 13.4. The molecule has 0 aliphatic rings. The number of rotatable bonds is 4. The Morgan fingerprint density at radius 3 is 2.31 bits per heavy atom. The number of carbonyl (C=O) groups is 1. The minimum Gasteiger partial charge on any atom is -0.368 e. The number of sulfonamides is 1. The molecule has 0 aliphatic heterocycles. The van der Waals surface area contributed by atoms with Crippen LogP contribution in [0.15, 0.2) is 29.2 Å². The third kappa shape index (κ3) is 3.19. The summed E-state index contributed by atoms with van der Waals surface area (Å²) in [7, 11) is -3.73. The second kappa shape index (κ2) is 4.82. The van der Waals surface area contributed by atoms with Gasteiger partial charge in [0.1, 0.15) is 0 Å². The standard InChI is InChI=1S/C9H11ClN2O3S/c1-6(9(11)13)12-16(14,15)8-4-2-7(10)3-5-8/h2-6,12H,1H3,(H2,11,13)/t6-/m1/s1. The van der Waals surface area contributed by atoms with Gasteiger partial charge in [0.2, 0.25) is 15.9 Å². The largest absolute Gasteiger partial charge is 0.368 e. The first-order chi connectivity index (χ1) is 7.33. The molecule has 0 fully saturated rings. The minimum atomic E-state index is -3.73. The lowest BCUT2D eigenvalue weighted by molar-refractivity contribution is -0.119. The zero-order chi connectivity index (χ0) is 12.3. The van der Waals surface area contributed by atoms with Gasteiger partial charge in [-0.05, 0) is 31.2 Å². The van der Waals surface area contributed by atoms with Crippen LogP contribution in [0, 0.1) is 0 Å². The molecular weight excluding hydrogens is 252 g/mol. The molecule has 1 aromatic rings. The van der Waals surface area contributed by atoms with Crippen LogP contribution in [-0.2, 0) is 14.8 Å². The molecule has 3 N–H and O–H groups in total. The molecule has 88 valence electrons. The Kier molecular flexibility index (Phi) is 3.90. The fourth-order valence-corrected chi connectivity index (χ4v) is 2.31. The molecular formula is C9H11ClN2O3S. The molecule has 0 radical (unpaired) electrons. The Balaban J connectivity index is 2.94. The van der Waals surface area contributed by atoms with Gasteiger partial charge in [-0.3, -0.25) is 4.79 Å². The molecule has 1 atom stereocenters. The summed E-state index contributed by atoms with van der Waals surface area (Å²) in [4.78, 5) is 10.8. The maximum absolute atomic E-state index is 11.7. The summed E-state index contributed by atoms with van der Waals surface area (Å²) in [6, 6.07) is 4.63. The average molecular weight is 263 g/mol. The molecule has 0 unspecified atom stereocenters. The molecule has 0 saturated heterocycles. The Labute approximate surface area is 98.6 Å². The highest BCUT2D eigenvalue weighted by Crippen LogP contribution is 2.14. The molecule has 1 aromatic carbocycles. The maximum atomic E-state index is 11.7. The van der Waals surface area contributed by atoms with Crippen molar-refractivity contribution in [2.24, 2.45) is 5.73 Å². The summed E-state index contributed by atoms with van der Waals surface area (Å²) >= 11 is 5.63. The second-order valence-corrected chi connectivity index (χ2v) is 5.35. The van der Waals surface area contributed by atoms with Crippen LogP contribution >= 0.6 is 11.6 Å². The van der Waals surface area contributed by atoms with E-state index in [1.807, 2.05) is 0 Å². The molecule has 1 rings (SSSR count). The molecule has 0 heterocycles. The van der Waals surface area contributed by atoms with E-state index in [4.69, 9.17) is 17.3 Å². The van der Waals surface area contributed by atoms with Crippen molar-refractivity contribution >= 4 is 27.5 Å². The van der Waals surface area contributed by atoms with Crippen molar-refractivity contribution in [2.45, 2.75) is 17.9 Å². The van der Waals surface area contributed by atoms with Crippen LogP contribution in [0.2, 0.25) is 5.02 Å². The summed E-state index contributed by atoms with van der Waals surface area (Å²) in [6.07, 6.45) is 0. The van der Waals surface area contributed by atoms with Crippen molar-refractivity contribution in [2.75, 3.05) is 0 Å². The number of benzene rings is 1. The van der Waals surface area contributed by atoms with Crippen molar-refractivity contribution in [3.8, 4) is 0 Å². The number of hydrogen-bond acceptors (Lipinski definition) is 3.